The number of piperazine rings is 1. The van der Waals surface area contributed by atoms with E-state index >= 15 is 0 Å². The molecule has 2 rings (SSSR count). The molecule has 152 valence electrons. The summed E-state index contributed by atoms with van der Waals surface area (Å²) in [5.41, 5.74) is 0.728. The second-order valence-corrected chi connectivity index (χ2v) is 7.74. The predicted molar refractivity (Wildman–Crippen MR) is 117 cm³/mol. The third kappa shape index (κ3) is 7.97. The molecule has 0 aliphatic carbocycles. The van der Waals surface area contributed by atoms with E-state index in [0.29, 0.717) is 0 Å². The number of unbranched alkanes of at least 4 members (excludes halogenated alkanes) is 1. The number of benzene rings is 1. The van der Waals surface area contributed by atoms with Crippen LogP contribution in [0.4, 0.5) is 10.1 Å². The molecule has 1 heterocycles. The zero-order chi connectivity index (χ0) is 19.3. The summed E-state index contributed by atoms with van der Waals surface area (Å²) in [5, 5.41) is 6.76. The minimum atomic E-state index is -0.123. The highest BCUT2D eigenvalue weighted by Gasteiger charge is 2.18. The molecule has 1 aromatic carbocycles. The van der Waals surface area contributed by atoms with Gasteiger partial charge in [-0.2, -0.15) is 11.8 Å². The summed E-state index contributed by atoms with van der Waals surface area (Å²) in [5.74, 6) is 1.99. The van der Waals surface area contributed by atoms with Crippen LogP contribution in [0.5, 0.6) is 0 Å². The van der Waals surface area contributed by atoms with E-state index in [1.165, 1.54) is 24.7 Å². The normalized spacial score (nSPS) is 15.8. The summed E-state index contributed by atoms with van der Waals surface area (Å²) in [6.07, 6.45) is 5.64. The van der Waals surface area contributed by atoms with Crippen molar-refractivity contribution < 1.29 is 4.39 Å². The Hall–Kier alpha value is -1.47. The van der Waals surface area contributed by atoms with Gasteiger partial charge in [-0.05, 0) is 49.9 Å². The highest BCUT2D eigenvalue weighted by atomic mass is 32.2. The molecule has 2 N–H and O–H groups in total. The van der Waals surface area contributed by atoms with Gasteiger partial charge in [-0.25, -0.2) is 4.39 Å². The van der Waals surface area contributed by atoms with E-state index in [4.69, 9.17) is 0 Å². The predicted octanol–water partition coefficient (Wildman–Crippen LogP) is 2.65. The molecule has 0 aromatic heterocycles. The highest BCUT2D eigenvalue weighted by molar-refractivity contribution is 7.98. The van der Waals surface area contributed by atoms with Crippen molar-refractivity contribution in [3.63, 3.8) is 0 Å². The molecular weight excluding hydrogens is 361 g/mol. The third-order valence-electron chi connectivity index (χ3n) is 4.80. The Labute approximate surface area is 167 Å². The smallest absolute Gasteiger partial charge is 0.190 e. The first-order valence-electron chi connectivity index (χ1n) is 9.90. The lowest BCUT2D eigenvalue weighted by Crippen LogP contribution is -2.47. The monoisotopic (exact) mass is 395 g/mol. The zero-order valence-corrected chi connectivity index (χ0v) is 17.5. The average Bonchev–Trinajstić information content (AvgIpc) is 2.70. The lowest BCUT2D eigenvalue weighted by atomic mass is 10.2. The van der Waals surface area contributed by atoms with Gasteiger partial charge < -0.3 is 15.5 Å². The van der Waals surface area contributed by atoms with Gasteiger partial charge in [-0.3, -0.25) is 9.89 Å². The fourth-order valence-corrected chi connectivity index (χ4v) is 3.72. The highest BCUT2D eigenvalue weighted by Crippen LogP contribution is 2.20. The molecule has 0 bridgehead atoms. The molecule has 0 spiro atoms. The number of aliphatic imine (C=N–C) groups is 1. The Kier molecular flexibility index (Phi) is 10.4. The molecule has 0 amide bonds. The van der Waals surface area contributed by atoms with Gasteiger partial charge in [0.2, 0.25) is 0 Å². The fraction of sp³-hybridized carbons (Fsp3) is 0.650. The number of rotatable bonds is 10. The number of halogens is 1. The molecular formula is C20H34FN5S. The van der Waals surface area contributed by atoms with Gasteiger partial charge in [0.25, 0.3) is 0 Å². The number of para-hydroxylation sites is 1. The minimum Gasteiger partial charge on any atom is -0.367 e. The van der Waals surface area contributed by atoms with Crippen LogP contribution in [0.3, 0.4) is 0 Å². The molecule has 27 heavy (non-hydrogen) atoms. The van der Waals surface area contributed by atoms with Crippen molar-refractivity contribution in [1.82, 2.24) is 15.5 Å². The number of anilines is 1. The molecule has 0 atom stereocenters. The number of hydrogen-bond acceptors (Lipinski definition) is 4. The number of hydrogen-bond donors (Lipinski definition) is 2. The molecule has 1 saturated heterocycles. The van der Waals surface area contributed by atoms with Crippen LogP contribution in [-0.2, 0) is 0 Å². The van der Waals surface area contributed by atoms with Crippen LogP contribution in [0.2, 0.25) is 0 Å². The van der Waals surface area contributed by atoms with Gasteiger partial charge in [0.05, 0.1) is 5.69 Å². The maximum Gasteiger partial charge on any atom is 0.190 e. The van der Waals surface area contributed by atoms with E-state index in [1.807, 2.05) is 30.9 Å². The summed E-state index contributed by atoms with van der Waals surface area (Å²) in [6, 6.07) is 7.06. The van der Waals surface area contributed by atoms with Crippen molar-refractivity contribution in [2.75, 3.05) is 69.8 Å². The minimum absolute atomic E-state index is 0.123. The van der Waals surface area contributed by atoms with Gasteiger partial charge in [-0.1, -0.05) is 12.1 Å². The van der Waals surface area contributed by atoms with E-state index < -0.39 is 0 Å². The second-order valence-electron chi connectivity index (χ2n) is 6.76. The van der Waals surface area contributed by atoms with Crippen LogP contribution in [-0.4, -0.2) is 75.7 Å². The quantitative estimate of drug-likeness (QED) is 0.362. The molecule has 7 heteroatoms. The van der Waals surface area contributed by atoms with Crippen molar-refractivity contribution in [1.29, 1.82) is 0 Å². The van der Waals surface area contributed by atoms with Crippen molar-refractivity contribution in [3.05, 3.63) is 30.1 Å². The van der Waals surface area contributed by atoms with E-state index in [-0.39, 0.29) is 5.82 Å². The first kappa shape index (κ1) is 21.8. The largest absolute Gasteiger partial charge is 0.367 e. The zero-order valence-electron chi connectivity index (χ0n) is 16.7. The van der Waals surface area contributed by atoms with Crippen LogP contribution in [0, 0.1) is 5.82 Å². The van der Waals surface area contributed by atoms with Crippen molar-refractivity contribution >= 4 is 23.4 Å². The van der Waals surface area contributed by atoms with Crippen molar-refractivity contribution in [3.8, 4) is 0 Å². The second kappa shape index (κ2) is 12.8. The average molecular weight is 396 g/mol. The summed E-state index contributed by atoms with van der Waals surface area (Å²) in [7, 11) is 1.82. The van der Waals surface area contributed by atoms with Crippen LogP contribution in [0.25, 0.3) is 0 Å². The van der Waals surface area contributed by atoms with E-state index in [0.717, 1.165) is 63.9 Å². The first-order chi connectivity index (χ1) is 13.2. The summed E-state index contributed by atoms with van der Waals surface area (Å²) < 4.78 is 13.9. The number of nitrogens with zero attached hydrogens (tertiary/aromatic N) is 3. The van der Waals surface area contributed by atoms with Crippen LogP contribution >= 0.6 is 11.8 Å². The van der Waals surface area contributed by atoms with Gasteiger partial charge in [-0.15, -0.1) is 0 Å². The standard InChI is InChI=1S/C20H34FN5S/c1-22-20(23-10-5-6-17-27-2)24-11-7-12-25-13-15-26(16-14-25)19-9-4-3-8-18(19)21/h3-4,8-9H,5-7,10-17H2,1-2H3,(H2,22,23,24). The van der Waals surface area contributed by atoms with Gasteiger partial charge in [0.15, 0.2) is 5.96 Å². The lowest BCUT2D eigenvalue weighted by Gasteiger charge is -2.36. The summed E-state index contributed by atoms with van der Waals surface area (Å²) >= 11 is 1.90. The lowest BCUT2D eigenvalue weighted by molar-refractivity contribution is 0.254. The number of guanidine groups is 1. The van der Waals surface area contributed by atoms with Crippen LogP contribution in [0.15, 0.2) is 29.3 Å². The maximum absolute atomic E-state index is 13.9. The maximum atomic E-state index is 13.9. The Morgan fingerprint density at radius 3 is 2.44 bits per heavy atom. The fourth-order valence-electron chi connectivity index (χ4n) is 3.23. The van der Waals surface area contributed by atoms with Gasteiger partial charge in [0, 0.05) is 46.3 Å². The Morgan fingerprint density at radius 2 is 1.78 bits per heavy atom. The van der Waals surface area contributed by atoms with Crippen molar-refractivity contribution in [2.45, 2.75) is 19.3 Å². The van der Waals surface area contributed by atoms with Crippen LogP contribution < -0.4 is 15.5 Å². The molecule has 0 saturated carbocycles. The summed E-state index contributed by atoms with van der Waals surface area (Å²) in [4.78, 5) is 8.88. The molecule has 1 fully saturated rings. The topological polar surface area (TPSA) is 42.9 Å². The molecule has 1 aliphatic rings. The number of nitrogens with one attached hydrogen (secondary N) is 2. The first-order valence-corrected chi connectivity index (χ1v) is 11.3. The molecule has 5 nitrogen and oxygen atoms in total. The molecule has 1 aromatic rings. The molecule has 1 aliphatic heterocycles. The van der Waals surface area contributed by atoms with E-state index in [9.17, 15) is 4.39 Å². The van der Waals surface area contributed by atoms with E-state index in [2.05, 4.69) is 31.7 Å². The summed E-state index contributed by atoms with van der Waals surface area (Å²) in [6.45, 7) is 6.67. The Bertz CT molecular complexity index is 561. The van der Waals surface area contributed by atoms with E-state index in [1.54, 1.807) is 6.07 Å². The SMILES string of the molecule is CN=C(NCCCCSC)NCCCN1CCN(c2ccccc2F)CC1. The van der Waals surface area contributed by atoms with Crippen LogP contribution in [0.1, 0.15) is 19.3 Å². The molecule has 0 unspecified atom stereocenters. The van der Waals surface area contributed by atoms with Gasteiger partial charge in [0.1, 0.15) is 5.82 Å². The third-order valence-corrected chi connectivity index (χ3v) is 5.50. The number of thioether (sulfide) groups is 1. The Balaban J connectivity index is 1.57. The molecule has 0 radical (unpaired) electrons. The van der Waals surface area contributed by atoms with Crippen molar-refractivity contribution in [2.24, 2.45) is 4.99 Å². The van der Waals surface area contributed by atoms with Gasteiger partial charge >= 0.3 is 0 Å². The Morgan fingerprint density at radius 1 is 1.07 bits per heavy atom.